The molecule has 0 spiro atoms. The summed E-state index contributed by atoms with van der Waals surface area (Å²) >= 11 is 7.78. The molecule has 2 aromatic carbocycles. The van der Waals surface area contributed by atoms with Gasteiger partial charge in [-0.2, -0.15) is 5.10 Å². The Morgan fingerprint density at radius 2 is 1.96 bits per heavy atom. The van der Waals surface area contributed by atoms with E-state index in [1.54, 1.807) is 24.3 Å². The van der Waals surface area contributed by atoms with E-state index in [-0.39, 0.29) is 22.8 Å². The number of nitrogens with zero attached hydrogens (tertiary/aromatic N) is 2. The number of nitrogens with one attached hydrogen (secondary N) is 2. The minimum absolute atomic E-state index is 0.205. The van der Waals surface area contributed by atoms with Crippen LogP contribution in [0.2, 0.25) is 5.02 Å². The van der Waals surface area contributed by atoms with Crippen molar-refractivity contribution in [2.75, 3.05) is 5.32 Å². The van der Waals surface area contributed by atoms with Crippen LogP contribution in [0.5, 0.6) is 11.5 Å². The van der Waals surface area contributed by atoms with Crippen molar-refractivity contribution in [2.45, 2.75) is 0 Å². The molecule has 3 aromatic rings. The molecule has 132 valence electrons. The molecule has 0 unspecified atom stereocenters. The average molecular weight is 485 g/mol. The highest BCUT2D eigenvalue weighted by atomic mass is 127. The van der Waals surface area contributed by atoms with E-state index in [0.717, 1.165) is 0 Å². The molecule has 8 nitrogen and oxygen atoms in total. The fourth-order valence-corrected chi connectivity index (χ4v) is 2.71. The lowest BCUT2D eigenvalue weighted by atomic mass is 10.2. The summed E-state index contributed by atoms with van der Waals surface area (Å²) in [5.41, 5.74) is 0.266. The second-order valence-electron chi connectivity index (χ2n) is 5.08. The summed E-state index contributed by atoms with van der Waals surface area (Å²) in [6.45, 7) is 0. The maximum Gasteiger partial charge on any atom is 0.275 e. The fourth-order valence-electron chi connectivity index (χ4n) is 2.08. The maximum atomic E-state index is 12.3. The van der Waals surface area contributed by atoms with Crippen LogP contribution in [-0.2, 0) is 0 Å². The Morgan fingerprint density at radius 1 is 1.23 bits per heavy atom. The largest absolute Gasteiger partial charge is 0.457 e. The van der Waals surface area contributed by atoms with Gasteiger partial charge in [0.15, 0.2) is 0 Å². The van der Waals surface area contributed by atoms with Gasteiger partial charge in [0, 0.05) is 17.2 Å². The molecule has 2 N–H and O–H groups in total. The van der Waals surface area contributed by atoms with Crippen LogP contribution in [-0.4, -0.2) is 21.0 Å². The van der Waals surface area contributed by atoms with E-state index in [4.69, 9.17) is 16.3 Å². The number of aromatic nitrogens is 2. The van der Waals surface area contributed by atoms with E-state index >= 15 is 0 Å². The van der Waals surface area contributed by atoms with Crippen LogP contribution in [0.15, 0.2) is 48.7 Å². The van der Waals surface area contributed by atoms with Gasteiger partial charge >= 0.3 is 0 Å². The fraction of sp³-hybridized carbons (Fsp3) is 0. The van der Waals surface area contributed by atoms with Crippen LogP contribution < -0.4 is 10.1 Å². The number of hydrogen-bond acceptors (Lipinski definition) is 5. The van der Waals surface area contributed by atoms with Crippen molar-refractivity contribution < 1.29 is 14.5 Å². The lowest BCUT2D eigenvalue weighted by molar-refractivity contribution is -0.384. The Morgan fingerprint density at radius 3 is 2.58 bits per heavy atom. The zero-order valence-electron chi connectivity index (χ0n) is 12.9. The highest BCUT2D eigenvalue weighted by Crippen LogP contribution is 2.30. The molecular weight excluding hydrogens is 475 g/mol. The van der Waals surface area contributed by atoms with Gasteiger partial charge in [0.25, 0.3) is 11.6 Å². The zero-order valence-corrected chi connectivity index (χ0v) is 15.8. The first-order valence-corrected chi connectivity index (χ1v) is 8.61. The van der Waals surface area contributed by atoms with Gasteiger partial charge in [-0.05, 0) is 46.9 Å². The third-order valence-corrected chi connectivity index (χ3v) is 4.30. The molecule has 0 atom stereocenters. The first-order valence-electron chi connectivity index (χ1n) is 7.15. The summed E-state index contributed by atoms with van der Waals surface area (Å²) in [6.07, 6.45) is 1.50. The summed E-state index contributed by atoms with van der Waals surface area (Å²) in [6, 6.07) is 10.5. The standard InChI is InChI=1S/C16H10ClIN4O4/c17-9-1-3-12(4-2-9)26-13-6-10(5-11(7-13)22(24)25)20-16(23)15-14(18)8-19-21-15/h1-8H,(H,19,21)(H,20,23). The summed E-state index contributed by atoms with van der Waals surface area (Å²) < 4.78 is 6.25. The van der Waals surface area contributed by atoms with Gasteiger partial charge < -0.3 is 10.1 Å². The molecule has 0 saturated heterocycles. The van der Waals surface area contributed by atoms with E-state index in [2.05, 4.69) is 15.5 Å². The molecule has 1 amide bonds. The highest BCUT2D eigenvalue weighted by molar-refractivity contribution is 14.1. The Hall–Kier alpha value is -2.66. The number of benzene rings is 2. The first kappa shape index (κ1) is 18.1. The van der Waals surface area contributed by atoms with Crippen molar-refractivity contribution >= 4 is 51.5 Å². The van der Waals surface area contributed by atoms with E-state index in [1.807, 2.05) is 22.6 Å². The van der Waals surface area contributed by atoms with Gasteiger partial charge in [0.2, 0.25) is 0 Å². The van der Waals surface area contributed by atoms with Gasteiger partial charge in [0.1, 0.15) is 17.2 Å². The predicted octanol–water partition coefficient (Wildman–Crippen LogP) is 4.62. The SMILES string of the molecule is O=C(Nc1cc(Oc2ccc(Cl)cc2)cc([N+](=O)[O-])c1)c1[nH]ncc1I. The normalized spacial score (nSPS) is 10.4. The number of ether oxygens (including phenoxy) is 1. The number of nitro groups is 1. The van der Waals surface area contributed by atoms with E-state index in [0.29, 0.717) is 14.3 Å². The lowest BCUT2D eigenvalue weighted by Crippen LogP contribution is -2.14. The molecule has 26 heavy (non-hydrogen) atoms. The molecule has 0 aliphatic carbocycles. The van der Waals surface area contributed by atoms with E-state index in [1.165, 1.54) is 24.4 Å². The van der Waals surface area contributed by atoms with Gasteiger partial charge in [-0.1, -0.05) is 11.6 Å². The number of aromatic amines is 1. The Kier molecular flexibility index (Phi) is 5.38. The van der Waals surface area contributed by atoms with Crippen molar-refractivity contribution in [3.8, 4) is 11.5 Å². The van der Waals surface area contributed by atoms with Crippen LogP contribution in [0.4, 0.5) is 11.4 Å². The molecular formula is C16H10ClIN4O4. The Labute approximate surface area is 165 Å². The number of anilines is 1. The number of hydrogen-bond donors (Lipinski definition) is 2. The smallest absolute Gasteiger partial charge is 0.275 e. The monoisotopic (exact) mass is 484 g/mol. The summed E-state index contributed by atoms with van der Waals surface area (Å²) in [4.78, 5) is 22.9. The minimum Gasteiger partial charge on any atom is -0.457 e. The van der Waals surface area contributed by atoms with Crippen LogP contribution in [0.1, 0.15) is 10.5 Å². The number of nitro benzene ring substituents is 1. The number of halogens is 2. The van der Waals surface area contributed by atoms with Crippen LogP contribution in [0, 0.1) is 13.7 Å². The molecule has 0 aliphatic rings. The summed E-state index contributed by atoms with van der Waals surface area (Å²) in [5.74, 6) is 0.191. The molecule has 1 heterocycles. The van der Waals surface area contributed by atoms with Crippen molar-refractivity contribution in [3.05, 3.63) is 73.1 Å². The molecule has 3 rings (SSSR count). The number of non-ortho nitro benzene ring substituents is 1. The van der Waals surface area contributed by atoms with Crippen molar-refractivity contribution in [3.63, 3.8) is 0 Å². The van der Waals surface area contributed by atoms with Crippen LogP contribution in [0.25, 0.3) is 0 Å². The second kappa shape index (κ2) is 7.70. The molecule has 0 saturated carbocycles. The number of rotatable bonds is 5. The quantitative estimate of drug-likeness (QED) is 0.312. The Bertz CT molecular complexity index is 975. The Balaban J connectivity index is 1.88. The number of carbonyl (C=O) groups excluding carboxylic acids is 1. The predicted molar refractivity (Wildman–Crippen MR) is 104 cm³/mol. The third-order valence-electron chi connectivity index (χ3n) is 3.23. The van der Waals surface area contributed by atoms with Crippen molar-refractivity contribution in [1.82, 2.24) is 10.2 Å². The lowest BCUT2D eigenvalue weighted by Gasteiger charge is -2.09. The molecule has 0 bridgehead atoms. The van der Waals surface area contributed by atoms with Gasteiger partial charge in [0.05, 0.1) is 26.4 Å². The molecule has 0 aliphatic heterocycles. The van der Waals surface area contributed by atoms with Crippen molar-refractivity contribution in [2.24, 2.45) is 0 Å². The highest BCUT2D eigenvalue weighted by Gasteiger charge is 2.16. The molecule has 0 fully saturated rings. The van der Waals surface area contributed by atoms with Gasteiger partial charge in [-0.3, -0.25) is 20.0 Å². The summed E-state index contributed by atoms with van der Waals surface area (Å²) in [5, 5.41) is 20.7. The molecule has 0 radical (unpaired) electrons. The maximum absolute atomic E-state index is 12.3. The zero-order chi connectivity index (χ0) is 18.7. The number of H-pyrrole nitrogens is 1. The van der Waals surface area contributed by atoms with Crippen LogP contribution in [0.3, 0.4) is 0 Å². The van der Waals surface area contributed by atoms with Crippen LogP contribution >= 0.6 is 34.2 Å². The summed E-state index contributed by atoms with van der Waals surface area (Å²) in [7, 11) is 0. The van der Waals surface area contributed by atoms with Crippen molar-refractivity contribution in [1.29, 1.82) is 0 Å². The average Bonchev–Trinajstić information content (AvgIpc) is 3.03. The number of carbonyl (C=O) groups is 1. The number of amides is 1. The second-order valence-corrected chi connectivity index (χ2v) is 6.67. The third kappa shape index (κ3) is 4.29. The van der Waals surface area contributed by atoms with E-state index < -0.39 is 10.8 Å². The minimum atomic E-state index is -0.565. The topological polar surface area (TPSA) is 110 Å². The molecule has 10 heteroatoms. The molecule has 1 aromatic heterocycles. The van der Waals surface area contributed by atoms with Gasteiger partial charge in [-0.25, -0.2) is 0 Å². The van der Waals surface area contributed by atoms with E-state index in [9.17, 15) is 14.9 Å². The first-order chi connectivity index (χ1) is 12.4. The van der Waals surface area contributed by atoms with Gasteiger partial charge in [-0.15, -0.1) is 0 Å².